The van der Waals surface area contributed by atoms with Gasteiger partial charge in [-0.2, -0.15) is 12.8 Å². The van der Waals surface area contributed by atoms with Gasteiger partial charge < -0.3 is 9.84 Å². The zero-order valence-corrected chi connectivity index (χ0v) is 10.2. The summed E-state index contributed by atoms with van der Waals surface area (Å²) < 4.78 is 44.1. The fourth-order valence-electron chi connectivity index (χ4n) is 1.43. The predicted octanol–water partition coefficient (Wildman–Crippen LogP) is 0.957. The van der Waals surface area contributed by atoms with Crippen LogP contribution in [0.4, 0.5) is 4.39 Å². The van der Waals surface area contributed by atoms with Gasteiger partial charge in [-0.3, -0.25) is 0 Å². The number of aliphatic carboxylic acids is 1. The van der Waals surface area contributed by atoms with Crippen LogP contribution in [0.3, 0.4) is 0 Å². The smallest absolute Gasteiger partial charge is 0.338 e. The maximum atomic E-state index is 12.9. The van der Waals surface area contributed by atoms with Gasteiger partial charge in [-0.05, 0) is 12.1 Å². The summed E-state index contributed by atoms with van der Waals surface area (Å²) >= 11 is 0. The molecule has 0 aliphatic carbocycles. The Hall–Kier alpha value is -2.22. The molecule has 1 aromatic carbocycles. The number of carboxylic acid groups (broad SMARTS) is 1. The lowest BCUT2D eigenvalue weighted by molar-refractivity contribution is -0.132. The van der Waals surface area contributed by atoms with Crippen molar-refractivity contribution in [2.45, 2.75) is 0 Å². The van der Waals surface area contributed by atoms with Crippen molar-refractivity contribution >= 4 is 22.2 Å². The second-order valence-electron chi connectivity index (χ2n) is 3.60. The Labute approximate surface area is 107 Å². The number of carbonyl (C=O) groups is 1. The van der Waals surface area contributed by atoms with Gasteiger partial charge in [-0.15, -0.1) is 0 Å². The third kappa shape index (κ3) is 2.79. The molecule has 1 aliphatic rings. The monoisotopic (exact) mass is 285 g/mol. The standard InChI is InChI=1S/C11H8FNO5S/c12-7-2-1-3-8(4-7)18-6-10-9(11(14)15)5-13-19(10,16)17/h1-5H,6H2,(H,14,15). The van der Waals surface area contributed by atoms with Crippen LogP contribution < -0.4 is 4.74 Å². The second-order valence-corrected chi connectivity index (χ2v) is 5.25. The summed E-state index contributed by atoms with van der Waals surface area (Å²) in [6.07, 6.45) is 0.752. The van der Waals surface area contributed by atoms with Gasteiger partial charge in [0.05, 0.1) is 11.8 Å². The molecule has 1 aromatic rings. The molecule has 0 fully saturated rings. The highest BCUT2D eigenvalue weighted by Crippen LogP contribution is 2.22. The minimum absolute atomic E-state index is 0.0966. The summed E-state index contributed by atoms with van der Waals surface area (Å²) in [5.74, 6) is -1.86. The second kappa shape index (κ2) is 4.81. The molecule has 1 aliphatic heterocycles. The third-order valence-corrected chi connectivity index (χ3v) is 3.67. The van der Waals surface area contributed by atoms with Crippen LogP contribution in [0.15, 0.2) is 39.1 Å². The van der Waals surface area contributed by atoms with Gasteiger partial charge in [-0.1, -0.05) is 6.07 Å². The average Bonchev–Trinajstić information content (AvgIpc) is 2.62. The number of sulfonamides is 1. The van der Waals surface area contributed by atoms with E-state index in [4.69, 9.17) is 9.84 Å². The number of nitrogens with zero attached hydrogens (tertiary/aromatic N) is 1. The number of halogens is 1. The lowest BCUT2D eigenvalue weighted by atomic mass is 10.3. The highest BCUT2D eigenvalue weighted by atomic mass is 32.2. The van der Waals surface area contributed by atoms with Crippen molar-refractivity contribution in [3.05, 3.63) is 40.6 Å². The van der Waals surface area contributed by atoms with Gasteiger partial charge in [0.25, 0.3) is 10.0 Å². The van der Waals surface area contributed by atoms with Crippen molar-refractivity contribution in [2.75, 3.05) is 6.61 Å². The van der Waals surface area contributed by atoms with Gasteiger partial charge in [0, 0.05) is 6.07 Å². The molecule has 0 radical (unpaired) electrons. The minimum Gasteiger partial charge on any atom is -0.488 e. The molecular weight excluding hydrogens is 277 g/mol. The molecule has 0 aromatic heterocycles. The Morgan fingerprint density at radius 2 is 2.16 bits per heavy atom. The Morgan fingerprint density at radius 3 is 2.79 bits per heavy atom. The number of rotatable bonds is 4. The summed E-state index contributed by atoms with van der Waals surface area (Å²) in [5, 5.41) is 8.83. The van der Waals surface area contributed by atoms with E-state index >= 15 is 0 Å². The molecule has 0 unspecified atom stereocenters. The van der Waals surface area contributed by atoms with Gasteiger partial charge in [0.15, 0.2) is 0 Å². The van der Waals surface area contributed by atoms with Crippen LogP contribution in [0.1, 0.15) is 0 Å². The molecule has 0 atom stereocenters. The van der Waals surface area contributed by atoms with E-state index in [0.29, 0.717) is 0 Å². The summed E-state index contributed by atoms with van der Waals surface area (Å²) in [5.41, 5.74) is -0.448. The molecule has 0 bridgehead atoms. The van der Waals surface area contributed by atoms with E-state index in [2.05, 4.69) is 4.40 Å². The van der Waals surface area contributed by atoms with E-state index in [9.17, 15) is 17.6 Å². The molecule has 8 heteroatoms. The Balaban J connectivity index is 2.23. The Bertz CT molecular complexity index is 693. The number of hydrogen-bond acceptors (Lipinski definition) is 4. The van der Waals surface area contributed by atoms with E-state index in [0.717, 1.165) is 12.3 Å². The van der Waals surface area contributed by atoms with Crippen LogP contribution in [-0.2, 0) is 14.8 Å². The van der Waals surface area contributed by atoms with Gasteiger partial charge >= 0.3 is 5.97 Å². The lowest BCUT2D eigenvalue weighted by Gasteiger charge is -2.07. The first-order chi connectivity index (χ1) is 8.90. The van der Waals surface area contributed by atoms with E-state index in [-0.39, 0.29) is 5.75 Å². The molecule has 0 spiro atoms. The van der Waals surface area contributed by atoms with Crippen molar-refractivity contribution < 1.29 is 27.4 Å². The van der Waals surface area contributed by atoms with Crippen molar-refractivity contribution in [2.24, 2.45) is 4.40 Å². The zero-order chi connectivity index (χ0) is 14.0. The normalized spacial score (nSPS) is 16.7. The third-order valence-electron chi connectivity index (χ3n) is 2.33. The van der Waals surface area contributed by atoms with Crippen molar-refractivity contribution in [3.63, 3.8) is 0 Å². The zero-order valence-electron chi connectivity index (χ0n) is 9.41. The Morgan fingerprint density at radius 1 is 1.42 bits per heavy atom. The highest BCUT2D eigenvalue weighted by Gasteiger charge is 2.30. The predicted molar refractivity (Wildman–Crippen MR) is 64.0 cm³/mol. The molecule has 0 amide bonds. The van der Waals surface area contributed by atoms with E-state index in [1.54, 1.807) is 0 Å². The van der Waals surface area contributed by atoms with Crippen LogP contribution in [0.25, 0.3) is 0 Å². The van der Waals surface area contributed by atoms with Gasteiger partial charge in [0.1, 0.15) is 23.1 Å². The molecule has 100 valence electrons. The maximum Gasteiger partial charge on any atom is 0.338 e. The molecular formula is C11H8FNO5S. The fourth-order valence-corrected chi connectivity index (χ4v) is 2.43. The van der Waals surface area contributed by atoms with E-state index < -0.39 is 38.9 Å². The van der Waals surface area contributed by atoms with Crippen LogP contribution >= 0.6 is 0 Å². The first kappa shape index (κ1) is 13.2. The molecule has 6 nitrogen and oxygen atoms in total. The van der Waals surface area contributed by atoms with E-state index in [1.807, 2.05) is 0 Å². The minimum atomic E-state index is -4.01. The number of ether oxygens (including phenoxy) is 1. The molecule has 19 heavy (non-hydrogen) atoms. The maximum absolute atomic E-state index is 12.9. The molecule has 2 rings (SSSR count). The van der Waals surface area contributed by atoms with Crippen molar-refractivity contribution in [1.29, 1.82) is 0 Å². The van der Waals surface area contributed by atoms with Crippen LogP contribution in [0.5, 0.6) is 5.75 Å². The lowest BCUT2D eigenvalue weighted by Crippen LogP contribution is -2.12. The number of hydrogen-bond donors (Lipinski definition) is 1. The first-order valence-corrected chi connectivity index (χ1v) is 6.49. The quantitative estimate of drug-likeness (QED) is 0.889. The number of carboxylic acids is 1. The summed E-state index contributed by atoms with van der Waals surface area (Å²) in [6, 6.07) is 5.07. The van der Waals surface area contributed by atoms with Crippen molar-refractivity contribution in [1.82, 2.24) is 0 Å². The molecule has 0 saturated carbocycles. The highest BCUT2D eigenvalue weighted by molar-refractivity contribution is 7.94. The van der Waals surface area contributed by atoms with Crippen LogP contribution in [0.2, 0.25) is 0 Å². The summed E-state index contributed by atoms with van der Waals surface area (Å²) in [4.78, 5) is 10.4. The van der Waals surface area contributed by atoms with Crippen LogP contribution in [-0.4, -0.2) is 32.3 Å². The fraction of sp³-hybridized carbons (Fsp3) is 0.0909. The summed E-state index contributed by atoms with van der Waals surface area (Å²) in [7, 11) is -4.01. The topological polar surface area (TPSA) is 93.0 Å². The molecule has 0 saturated heterocycles. The van der Waals surface area contributed by atoms with Gasteiger partial charge in [-0.25, -0.2) is 9.18 Å². The van der Waals surface area contributed by atoms with Gasteiger partial charge in [0.2, 0.25) is 0 Å². The number of benzene rings is 1. The first-order valence-electron chi connectivity index (χ1n) is 5.05. The SMILES string of the molecule is O=C(O)C1=C(COc2cccc(F)c2)S(=O)(=O)N=C1. The summed E-state index contributed by atoms with van der Waals surface area (Å²) in [6.45, 7) is -0.520. The largest absolute Gasteiger partial charge is 0.488 e. The Kier molecular flexibility index (Phi) is 3.34. The van der Waals surface area contributed by atoms with Crippen molar-refractivity contribution in [3.8, 4) is 5.75 Å². The van der Waals surface area contributed by atoms with Crippen LogP contribution in [0, 0.1) is 5.82 Å². The van der Waals surface area contributed by atoms with E-state index in [1.165, 1.54) is 18.2 Å². The molecule has 1 heterocycles. The molecule has 1 N–H and O–H groups in total. The average molecular weight is 285 g/mol.